The molecule has 0 fully saturated rings. The van der Waals surface area contributed by atoms with Gasteiger partial charge in [-0.1, -0.05) is 77.9 Å². The molecular weight excluding hydrogens is 368 g/mol. The maximum Gasteiger partial charge on any atom is 0.313 e. The van der Waals surface area contributed by atoms with Crippen molar-refractivity contribution in [2.45, 2.75) is 65.2 Å². The van der Waals surface area contributed by atoms with Gasteiger partial charge in [0.25, 0.3) is 0 Å². The summed E-state index contributed by atoms with van der Waals surface area (Å²) in [6.45, 7) is 13.1. The number of fused-ring (bicyclic) bond motifs is 2. The number of hydrogen-bond donors (Lipinski definition) is 0. The Morgan fingerprint density at radius 1 is 0.767 bits per heavy atom. The Labute approximate surface area is 180 Å². The minimum Gasteiger partial charge on any atom is -0.426 e. The Bertz CT molecular complexity index is 1120. The average Bonchev–Trinajstić information content (AvgIpc) is 2.71. The lowest BCUT2D eigenvalue weighted by atomic mass is 9.63. The normalized spacial score (nSPS) is 17.0. The van der Waals surface area contributed by atoms with Gasteiger partial charge >= 0.3 is 5.97 Å². The summed E-state index contributed by atoms with van der Waals surface area (Å²) in [6.07, 6.45) is 2.44. The molecular formula is C28H32O2. The second kappa shape index (κ2) is 7.27. The summed E-state index contributed by atoms with van der Waals surface area (Å²) in [5, 5.41) is 2.22. The van der Waals surface area contributed by atoms with Crippen LogP contribution in [0.1, 0.15) is 65.5 Å². The van der Waals surface area contributed by atoms with Crippen molar-refractivity contribution in [1.29, 1.82) is 0 Å². The van der Waals surface area contributed by atoms with E-state index in [4.69, 9.17) is 4.74 Å². The van der Waals surface area contributed by atoms with E-state index in [0.29, 0.717) is 5.75 Å². The number of esters is 1. The van der Waals surface area contributed by atoms with Crippen LogP contribution in [0.4, 0.5) is 0 Å². The van der Waals surface area contributed by atoms with E-state index < -0.39 is 0 Å². The Hall–Kier alpha value is -2.61. The molecule has 0 amide bonds. The van der Waals surface area contributed by atoms with Gasteiger partial charge in [-0.2, -0.15) is 0 Å². The first-order valence-corrected chi connectivity index (χ1v) is 11.0. The molecule has 4 rings (SSSR count). The van der Waals surface area contributed by atoms with E-state index in [1.165, 1.54) is 35.1 Å². The number of rotatable bonds is 3. The summed E-state index contributed by atoms with van der Waals surface area (Å²) in [7, 11) is 0. The lowest BCUT2D eigenvalue weighted by Crippen LogP contribution is -2.33. The summed E-state index contributed by atoms with van der Waals surface area (Å²) < 4.78 is 5.46. The number of benzene rings is 3. The van der Waals surface area contributed by atoms with Crippen LogP contribution in [0.5, 0.6) is 5.75 Å². The predicted molar refractivity (Wildman–Crippen MR) is 125 cm³/mol. The zero-order valence-corrected chi connectivity index (χ0v) is 19.0. The highest BCUT2D eigenvalue weighted by molar-refractivity contribution is 5.89. The molecule has 30 heavy (non-hydrogen) atoms. The smallest absolute Gasteiger partial charge is 0.313 e. The molecule has 0 radical (unpaired) electrons. The van der Waals surface area contributed by atoms with Gasteiger partial charge in [-0.3, -0.25) is 4.79 Å². The van der Waals surface area contributed by atoms with Crippen molar-refractivity contribution in [2.24, 2.45) is 5.92 Å². The molecule has 0 aliphatic heterocycles. The van der Waals surface area contributed by atoms with E-state index in [0.717, 1.165) is 10.8 Å². The zero-order valence-electron chi connectivity index (χ0n) is 19.0. The van der Waals surface area contributed by atoms with E-state index in [1.54, 1.807) is 0 Å². The molecule has 0 heterocycles. The highest BCUT2D eigenvalue weighted by atomic mass is 16.5. The molecule has 0 spiro atoms. The van der Waals surface area contributed by atoms with Gasteiger partial charge in [-0.15, -0.1) is 0 Å². The van der Waals surface area contributed by atoms with Crippen molar-refractivity contribution in [3.8, 4) is 16.9 Å². The quantitative estimate of drug-likeness (QED) is 0.338. The third-order valence-corrected chi connectivity index (χ3v) is 6.69. The van der Waals surface area contributed by atoms with Crippen molar-refractivity contribution < 1.29 is 9.53 Å². The summed E-state index contributed by atoms with van der Waals surface area (Å²) in [5.41, 5.74) is 5.88. The molecule has 0 unspecified atom stereocenters. The molecule has 0 aromatic heterocycles. The first kappa shape index (κ1) is 20.7. The van der Waals surface area contributed by atoms with Crippen LogP contribution in [0.25, 0.3) is 21.9 Å². The van der Waals surface area contributed by atoms with Crippen LogP contribution in [-0.2, 0) is 15.6 Å². The van der Waals surface area contributed by atoms with Crippen molar-refractivity contribution in [1.82, 2.24) is 0 Å². The van der Waals surface area contributed by atoms with Crippen LogP contribution in [0.3, 0.4) is 0 Å². The first-order chi connectivity index (χ1) is 14.1. The van der Waals surface area contributed by atoms with Gasteiger partial charge in [0.15, 0.2) is 0 Å². The zero-order chi connectivity index (χ0) is 21.7. The van der Waals surface area contributed by atoms with Gasteiger partial charge in [-0.25, -0.2) is 0 Å². The van der Waals surface area contributed by atoms with E-state index in [-0.39, 0.29) is 22.7 Å². The molecule has 2 nitrogen and oxygen atoms in total. The van der Waals surface area contributed by atoms with Gasteiger partial charge in [0.2, 0.25) is 0 Å². The summed E-state index contributed by atoms with van der Waals surface area (Å²) in [5.74, 6) is 0.263. The van der Waals surface area contributed by atoms with Crippen molar-refractivity contribution in [3.05, 3.63) is 65.7 Å². The topological polar surface area (TPSA) is 26.3 Å². The summed E-state index contributed by atoms with van der Waals surface area (Å²) in [6, 6.07) is 19.4. The monoisotopic (exact) mass is 400 g/mol. The number of hydrogen-bond acceptors (Lipinski definition) is 2. The highest BCUT2D eigenvalue weighted by Crippen LogP contribution is 2.46. The highest BCUT2D eigenvalue weighted by Gasteiger charge is 2.36. The van der Waals surface area contributed by atoms with Crippen LogP contribution < -0.4 is 4.74 Å². The van der Waals surface area contributed by atoms with Crippen LogP contribution >= 0.6 is 0 Å². The third-order valence-electron chi connectivity index (χ3n) is 6.69. The number of carbonyl (C=O) groups excluding carboxylic acids is 1. The van der Waals surface area contributed by atoms with Crippen molar-refractivity contribution in [2.75, 3.05) is 0 Å². The van der Waals surface area contributed by atoms with Crippen molar-refractivity contribution in [3.63, 3.8) is 0 Å². The molecule has 0 atom stereocenters. The molecule has 0 bridgehead atoms. The molecule has 3 aromatic carbocycles. The standard InChI is InChI=1S/C28H32O2/c1-18(2)26(29)30-23-11-9-20-15-19(7-8-21(20)16-23)22-10-12-24-25(17-22)28(5,6)14-13-27(24,3)4/h7-12,15-18H,13-14H2,1-6H3. The van der Waals surface area contributed by atoms with Gasteiger partial charge in [0.05, 0.1) is 5.92 Å². The second-order valence-electron chi connectivity index (χ2n) is 10.3. The fraction of sp³-hybridized carbons (Fsp3) is 0.393. The van der Waals surface area contributed by atoms with Crippen LogP contribution in [0.2, 0.25) is 0 Å². The van der Waals surface area contributed by atoms with E-state index in [1.807, 2.05) is 32.0 Å². The lowest BCUT2D eigenvalue weighted by molar-refractivity contribution is -0.137. The van der Waals surface area contributed by atoms with Crippen LogP contribution in [0.15, 0.2) is 54.6 Å². The maximum absolute atomic E-state index is 11.9. The maximum atomic E-state index is 11.9. The van der Waals surface area contributed by atoms with Gasteiger partial charge in [0.1, 0.15) is 5.75 Å². The predicted octanol–water partition coefficient (Wildman–Crippen LogP) is 7.42. The molecule has 1 aliphatic carbocycles. The van der Waals surface area contributed by atoms with Crippen LogP contribution in [0, 0.1) is 5.92 Å². The minimum absolute atomic E-state index is 0.138. The molecule has 0 N–H and O–H groups in total. The molecule has 3 aromatic rings. The Kier molecular flexibility index (Phi) is 5.00. The molecule has 0 saturated carbocycles. The number of ether oxygens (including phenoxy) is 1. The van der Waals surface area contributed by atoms with E-state index in [2.05, 4.69) is 64.1 Å². The van der Waals surface area contributed by atoms with Crippen LogP contribution in [-0.4, -0.2) is 5.97 Å². The molecule has 0 saturated heterocycles. The summed E-state index contributed by atoms with van der Waals surface area (Å²) >= 11 is 0. The third kappa shape index (κ3) is 3.76. The van der Waals surface area contributed by atoms with Gasteiger partial charge in [-0.05, 0) is 74.9 Å². The Morgan fingerprint density at radius 3 is 2.03 bits per heavy atom. The second-order valence-corrected chi connectivity index (χ2v) is 10.3. The molecule has 2 heteroatoms. The van der Waals surface area contributed by atoms with Gasteiger partial charge < -0.3 is 4.74 Å². The SMILES string of the molecule is CC(C)C(=O)Oc1ccc2cc(-c3ccc4c(c3)C(C)(C)CCC4(C)C)ccc2c1. The fourth-order valence-electron chi connectivity index (χ4n) is 4.47. The number of carbonyl (C=O) groups is 1. The Balaban J connectivity index is 1.71. The van der Waals surface area contributed by atoms with Gasteiger partial charge in [0, 0.05) is 0 Å². The largest absolute Gasteiger partial charge is 0.426 e. The molecule has 1 aliphatic rings. The average molecular weight is 401 g/mol. The van der Waals surface area contributed by atoms with Crippen molar-refractivity contribution >= 4 is 16.7 Å². The Morgan fingerprint density at radius 2 is 1.33 bits per heavy atom. The molecule has 156 valence electrons. The summed E-state index contributed by atoms with van der Waals surface area (Å²) in [4.78, 5) is 11.9. The van der Waals surface area contributed by atoms with E-state index >= 15 is 0 Å². The van der Waals surface area contributed by atoms with E-state index in [9.17, 15) is 4.79 Å². The lowest BCUT2D eigenvalue weighted by Gasteiger charge is -2.42. The minimum atomic E-state index is -0.203. The fourth-order valence-corrected chi connectivity index (χ4v) is 4.47. The first-order valence-electron chi connectivity index (χ1n) is 11.0.